The van der Waals surface area contributed by atoms with E-state index in [0.717, 1.165) is 24.5 Å². The molecule has 0 unspecified atom stereocenters. The molecule has 0 aliphatic heterocycles. The Kier molecular flexibility index (Phi) is 13.0. The molecule has 2 N–H and O–H groups in total. The SMILES string of the molecule is CCNC(=NCCCNS(C)(=O)=O)N(C)CCOc1ccc(Cl)cc1.I. The molecule has 1 aromatic rings. The van der Waals surface area contributed by atoms with E-state index in [1.54, 1.807) is 12.1 Å². The molecule has 0 atom stereocenters. The standard InChI is InChI=1S/C16H27ClN4O3S.HI/c1-4-18-16(19-10-5-11-20-25(3,22)23)21(2)12-13-24-15-8-6-14(17)7-9-15;/h6-9,20H,4-5,10-13H2,1-3H3,(H,18,19);1H. The van der Waals surface area contributed by atoms with Crippen LogP contribution in [0.3, 0.4) is 0 Å². The van der Waals surface area contributed by atoms with Crippen molar-refractivity contribution in [3.63, 3.8) is 0 Å². The smallest absolute Gasteiger partial charge is 0.208 e. The van der Waals surface area contributed by atoms with Crippen molar-refractivity contribution >= 4 is 51.6 Å². The third kappa shape index (κ3) is 11.8. The first-order valence-electron chi connectivity index (χ1n) is 8.14. The van der Waals surface area contributed by atoms with Crippen LogP contribution in [0.2, 0.25) is 5.02 Å². The Morgan fingerprint density at radius 2 is 1.96 bits per heavy atom. The second-order valence-corrected chi connectivity index (χ2v) is 7.75. The number of aliphatic imine (C=N–C) groups is 1. The summed E-state index contributed by atoms with van der Waals surface area (Å²) in [7, 11) is -1.21. The molecule has 0 aliphatic carbocycles. The normalized spacial score (nSPS) is 11.6. The number of ether oxygens (including phenoxy) is 1. The molecule has 0 heterocycles. The van der Waals surface area contributed by atoms with Gasteiger partial charge in [-0.05, 0) is 37.6 Å². The van der Waals surface area contributed by atoms with Gasteiger partial charge in [-0.15, -0.1) is 24.0 Å². The maximum atomic E-state index is 11.0. The lowest BCUT2D eigenvalue weighted by molar-refractivity contribution is 0.281. The first-order valence-corrected chi connectivity index (χ1v) is 10.4. The number of sulfonamides is 1. The van der Waals surface area contributed by atoms with Crippen molar-refractivity contribution in [3.05, 3.63) is 29.3 Å². The van der Waals surface area contributed by atoms with Crippen molar-refractivity contribution in [2.24, 2.45) is 4.99 Å². The van der Waals surface area contributed by atoms with Gasteiger partial charge in [0, 0.05) is 31.7 Å². The fraction of sp³-hybridized carbons (Fsp3) is 0.562. The van der Waals surface area contributed by atoms with Crippen molar-refractivity contribution in [3.8, 4) is 5.75 Å². The zero-order valence-corrected chi connectivity index (χ0v) is 19.3. The van der Waals surface area contributed by atoms with Crippen LogP contribution in [0.4, 0.5) is 0 Å². The average Bonchev–Trinajstić information content (AvgIpc) is 2.54. The van der Waals surface area contributed by atoms with E-state index in [1.165, 1.54) is 0 Å². The summed E-state index contributed by atoms with van der Waals surface area (Å²) in [5, 5.41) is 3.89. The second kappa shape index (κ2) is 13.4. The number of nitrogens with one attached hydrogen (secondary N) is 2. The molecule has 0 saturated carbocycles. The maximum Gasteiger partial charge on any atom is 0.208 e. The van der Waals surface area contributed by atoms with Crippen LogP contribution < -0.4 is 14.8 Å². The molecule has 1 aromatic carbocycles. The summed E-state index contributed by atoms with van der Waals surface area (Å²) >= 11 is 5.84. The highest BCUT2D eigenvalue weighted by molar-refractivity contribution is 14.0. The Morgan fingerprint density at radius 1 is 1.31 bits per heavy atom. The predicted octanol–water partition coefficient (Wildman–Crippen LogP) is 2.17. The van der Waals surface area contributed by atoms with Gasteiger partial charge in [0.1, 0.15) is 12.4 Å². The number of hydrogen-bond donors (Lipinski definition) is 2. The van der Waals surface area contributed by atoms with Crippen LogP contribution in [0.1, 0.15) is 13.3 Å². The molecule has 26 heavy (non-hydrogen) atoms. The third-order valence-corrected chi connectivity index (χ3v) is 4.15. The van der Waals surface area contributed by atoms with Gasteiger partial charge in [0.05, 0.1) is 12.8 Å². The molecular formula is C16H28ClIN4O3S. The van der Waals surface area contributed by atoms with Crippen LogP contribution in [-0.4, -0.2) is 65.4 Å². The molecule has 0 saturated heterocycles. The molecule has 0 fully saturated rings. The van der Waals surface area contributed by atoms with Crippen molar-refractivity contribution in [2.75, 3.05) is 46.1 Å². The van der Waals surface area contributed by atoms with Crippen LogP contribution in [0.15, 0.2) is 29.3 Å². The zero-order chi connectivity index (χ0) is 18.7. The van der Waals surface area contributed by atoms with Crippen LogP contribution in [-0.2, 0) is 10.0 Å². The number of rotatable bonds is 10. The highest BCUT2D eigenvalue weighted by atomic mass is 127. The molecule has 0 aromatic heterocycles. The number of likely N-dealkylation sites (N-methyl/N-ethyl adjacent to an activating group) is 1. The molecule has 10 heteroatoms. The molecular weight excluding hydrogens is 491 g/mol. The molecule has 0 amide bonds. The van der Waals surface area contributed by atoms with E-state index >= 15 is 0 Å². The third-order valence-electron chi connectivity index (χ3n) is 3.17. The Labute approximate surface area is 178 Å². The van der Waals surface area contributed by atoms with Crippen LogP contribution in [0, 0.1) is 0 Å². The molecule has 150 valence electrons. The van der Waals surface area contributed by atoms with E-state index in [4.69, 9.17) is 16.3 Å². The van der Waals surface area contributed by atoms with E-state index in [1.807, 2.05) is 31.0 Å². The van der Waals surface area contributed by atoms with Gasteiger partial charge in [-0.3, -0.25) is 4.99 Å². The fourth-order valence-electron chi connectivity index (χ4n) is 1.93. The highest BCUT2D eigenvalue weighted by Crippen LogP contribution is 2.15. The van der Waals surface area contributed by atoms with E-state index in [2.05, 4.69) is 15.0 Å². The molecule has 0 radical (unpaired) electrons. The topological polar surface area (TPSA) is 83.0 Å². The Morgan fingerprint density at radius 3 is 2.54 bits per heavy atom. The van der Waals surface area contributed by atoms with Gasteiger partial charge in [0.15, 0.2) is 5.96 Å². The molecule has 7 nitrogen and oxygen atoms in total. The Hall–Kier alpha value is -0.780. The van der Waals surface area contributed by atoms with Gasteiger partial charge in [-0.2, -0.15) is 0 Å². The Balaban J connectivity index is 0.00000625. The zero-order valence-electron chi connectivity index (χ0n) is 15.4. The summed E-state index contributed by atoms with van der Waals surface area (Å²) in [6.07, 6.45) is 1.78. The predicted molar refractivity (Wildman–Crippen MR) is 118 cm³/mol. The van der Waals surface area contributed by atoms with Crippen molar-refractivity contribution in [2.45, 2.75) is 13.3 Å². The van der Waals surface area contributed by atoms with E-state index in [9.17, 15) is 8.42 Å². The molecule has 1 rings (SSSR count). The number of nitrogens with zero attached hydrogens (tertiary/aromatic N) is 2. The first kappa shape index (κ1) is 25.2. The van der Waals surface area contributed by atoms with Crippen molar-refractivity contribution in [1.82, 2.24) is 14.9 Å². The van der Waals surface area contributed by atoms with Crippen molar-refractivity contribution in [1.29, 1.82) is 0 Å². The van der Waals surface area contributed by atoms with Gasteiger partial charge in [-0.25, -0.2) is 13.1 Å². The number of benzene rings is 1. The maximum absolute atomic E-state index is 11.0. The van der Waals surface area contributed by atoms with E-state index in [-0.39, 0.29) is 24.0 Å². The minimum absolute atomic E-state index is 0. The molecule has 0 bridgehead atoms. The minimum atomic E-state index is -3.14. The summed E-state index contributed by atoms with van der Waals surface area (Å²) < 4.78 is 30.1. The summed E-state index contributed by atoms with van der Waals surface area (Å²) in [5.41, 5.74) is 0. The van der Waals surface area contributed by atoms with Gasteiger partial charge in [0.25, 0.3) is 0 Å². The first-order chi connectivity index (χ1) is 11.8. The number of guanidine groups is 1. The largest absolute Gasteiger partial charge is 0.492 e. The number of hydrogen-bond acceptors (Lipinski definition) is 4. The lowest BCUT2D eigenvalue weighted by Gasteiger charge is -2.22. The average molecular weight is 519 g/mol. The quantitative estimate of drug-likeness (QED) is 0.215. The summed E-state index contributed by atoms with van der Waals surface area (Å²) in [6.45, 7) is 4.84. The van der Waals surface area contributed by atoms with Crippen LogP contribution in [0.25, 0.3) is 0 Å². The monoisotopic (exact) mass is 518 g/mol. The minimum Gasteiger partial charge on any atom is -0.492 e. The van der Waals surface area contributed by atoms with Gasteiger partial charge in [-0.1, -0.05) is 11.6 Å². The van der Waals surface area contributed by atoms with E-state index < -0.39 is 10.0 Å². The van der Waals surface area contributed by atoms with Crippen LogP contribution in [0.5, 0.6) is 5.75 Å². The molecule has 0 spiro atoms. The summed E-state index contributed by atoms with van der Waals surface area (Å²) in [6, 6.07) is 7.24. The summed E-state index contributed by atoms with van der Waals surface area (Å²) in [5.74, 6) is 1.54. The van der Waals surface area contributed by atoms with Gasteiger partial charge < -0.3 is 15.0 Å². The van der Waals surface area contributed by atoms with E-state index in [0.29, 0.717) is 37.7 Å². The highest BCUT2D eigenvalue weighted by Gasteiger charge is 2.06. The molecule has 0 aliphatic rings. The number of halogens is 2. The van der Waals surface area contributed by atoms with Gasteiger partial charge >= 0.3 is 0 Å². The lowest BCUT2D eigenvalue weighted by Crippen LogP contribution is -2.41. The second-order valence-electron chi connectivity index (χ2n) is 5.48. The lowest BCUT2D eigenvalue weighted by atomic mass is 10.3. The van der Waals surface area contributed by atoms with Crippen LogP contribution >= 0.6 is 35.6 Å². The van der Waals surface area contributed by atoms with Gasteiger partial charge in [0.2, 0.25) is 10.0 Å². The Bertz CT molecular complexity index is 641. The summed E-state index contributed by atoms with van der Waals surface area (Å²) in [4.78, 5) is 6.47. The fourth-order valence-corrected chi connectivity index (χ4v) is 2.57. The van der Waals surface area contributed by atoms with Crippen molar-refractivity contribution < 1.29 is 13.2 Å².